The molecule has 0 spiro atoms. The summed E-state index contributed by atoms with van der Waals surface area (Å²) in [5.74, 6) is 0.0229. The average Bonchev–Trinajstić information content (AvgIpc) is 2.44. The first-order chi connectivity index (χ1) is 9.65. The van der Waals surface area contributed by atoms with Crippen LogP contribution >= 0.6 is 0 Å². The number of hydrogen-bond acceptors (Lipinski definition) is 4. The minimum absolute atomic E-state index is 0.0229. The topological polar surface area (TPSA) is 71.2 Å². The molecule has 0 atom stereocenters. The van der Waals surface area contributed by atoms with Gasteiger partial charge in [-0.15, -0.1) is 0 Å². The molecule has 2 rings (SSSR count). The number of hydrogen-bond donors (Lipinski definition) is 2. The van der Waals surface area contributed by atoms with E-state index < -0.39 is 0 Å². The number of nitrogens with zero attached hydrogens (tertiary/aromatic N) is 2. The maximum absolute atomic E-state index is 11.8. The first kappa shape index (κ1) is 14.1. The van der Waals surface area contributed by atoms with Gasteiger partial charge in [0.15, 0.2) is 0 Å². The maximum atomic E-state index is 11.8. The van der Waals surface area contributed by atoms with Crippen LogP contribution in [0.15, 0.2) is 30.5 Å². The Bertz CT molecular complexity index is 612. The first-order valence-corrected chi connectivity index (χ1v) is 6.81. The number of nitrogens with two attached hydrogens (primary N) is 1. The summed E-state index contributed by atoms with van der Waals surface area (Å²) in [7, 11) is 0. The number of nitrogens with one attached hydrogen (secondary N) is 1. The Kier molecular flexibility index (Phi) is 4.40. The zero-order valence-electron chi connectivity index (χ0n) is 11.9. The van der Waals surface area contributed by atoms with E-state index in [1.165, 1.54) is 0 Å². The molecular formula is C15H20N4O. The van der Waals surface area contributed by atoms with Crippen LogP contribution in [0.3, 0.4) is 0 Å². The van der Waals surface area contributed by atoms with E-state index in [-0.39, 0.29) is 5.91 Å². The van der Waals surface area contributed by atoms with Gasteiger partial charge in [0.05, 0.1) is 12.1 Å². The lowest BCUT2D eigenvalue weighted by atomic mass is 10.1. The van der Waals surface area contributed by atoms with Crippen molar-refractivity contribution in [3.8, 4) is 0 Å². The second-order valence-electron chi connectivity index (χ2n) is 4.57. The van der Waals surface area contributed by atoms with Crippen molar-refractivity contribution in [2.45, 2.75) is 13.8 Å². The number of carbonyl (C=O) groups is 1. The third-order valence-corrected chi connectivity index (χ3v) is 3.17. The summed E-state index contributed by atoms with van der Waals surface area (Å²) in [6, 6.07) is 7.58. The summed E-state index contributed by atoms with van der Waals surface area (Å²) in [5, 5.41) is 3.83. The Balaban J connectivity index is 2.36. The number of fused-ring (bicyclic) bond motifs is 1. The van der Waals surface area contributed by atoms with Crippen LogP contribution in [0.4, 0.5) is 11.4 Å². The second-order valence-corrected chi connectivity index (χ2v) is 4.57. The van der Waals surface area contributed by atoms with E-state index in [1.807, 2.05) is 43.0 Å². The van der Waals surface area contributed by atoms with Crippen molar-refractivity contribution in [1.82, 2.24) is 10.3 Å². The van der Waals surface area contributed by atoms with E-state index in [4.69, 9.17) is 5.73 Å². The minimum Gasteiger partial charge on any atom is -0.399 e. The number of anilines is 2. The van der Waals surface area contributed by atoms with Gasteiger partial charge in [-0.05, 0) is 38.1 Å². The minimum atomic E-state index is 0.0229. The van der Waals surface area contributed by atoms with Crippen LogP contribution in [-0.2, 0) is 4.79 Å². The van der Waals surface area contributed by atoms with Gasteiger partial charge in [0.25, 0.3) is 0 Å². The number of likely N-dealkylation sites (N-methyl/N-ethyl adjacent to an activating group) is 2. The van der Waals surface area contributed by atoms with Crippen LogP contribution in [0.5, 0.6) is 0 Å². The number of benzene rings is 1. The standard InChI is InChI=1S/C15H20N4O/c1-3-17-15(20)10-19(4-2)14-7-8-18-13-9-11(16)5-6-12(13)14/h5-9H,3-4,10,16H2,1-2H3,(H,17,20). The molecule has 1 heterocycles. The number of amides is 1. The molecule has 0 saturated carbocycles. The van der Waals surface area contributed by atoms with Gasteiger partial charge in [-0.2, -0.15) is 0 Å². The third kappa shape index (κ3) is 2.99. The van der Waals surface area contributed by atoms with Gasteiger partial charge < -0.3 is 16.0 Å². The summed E-state index contributed by atoms with van der Waals surface area (Å²) in [4.78, 5) is 18.1. The molecule has 5 heteroatoms. The molecular weight excluding hydrogens is 252 g/mol. The summed E-state index contributed by atoms with van der Waals surface area (Å²) in [6.07, 6.45) is 1.75. The molecule has 0 aliphatic heterocycles. The van der Waals surface area contributed by atoms with E-state index in [0.717, 1.165) is 23.1 Å². The Morgan fingerprint density at radius 1 is 1.35 bits per heavy atom. The summed E-state index contributed by atoms with van der Waals surface area (Å²) >= 11 is 0. The second kappa shape index (κ2) is 6.23. The van der Waals surface area contributed by atoms with Gasteiger partial charge in [-0.25, -0.2) is 0 Å². The van der Waals surface area contributed by atoms with Gasteiger partial charge in [0, 0.05) is 36.0 Å². The van der Waals surface area contributed by atoms with Gasteiger partial charge in [-0.3, -0.25) is 9.78 Å². The Labute approximate surface area is 118 Å². The first-order valence-electron chi connectivity index (χ1n) is 6.81. The SMILES string of the molecule is CCNC(=O)CN(CC)c1ccnc2cc(N)ccc12. The predicted octanol–water partition coefficient (Wildman–Crippen LogP) is 1.78. The maximum Gasteiger partial charge on any atom is 0.239 e. The highest BCUT2D eigenvalue weighted by atomic mass is 16.2. The Hall–Kier alpha value is -2.30. The number of rotatable bonds is 5. The zero-order chi connectivity index (χ0) is 14.5. The van der Waals surface area contributed by atoms with Crippen molar-refractivity contribution in [2.75, 3.05) is 30.3 Å². The molecule has 106 valence electrons. The van der Waals surface area contributed by atoms with Gasteiger partial charge in [0.1, 0.15) is 0 Å². The summed E-state index contributed by atoms with van der Waals surface area (Å²) < 4.78 is 0. The highest BCUT2D eigenvalue weighted by Gasteiger charge is 2.12. The van der Waals surface area contributed by atoms with E-state index in [9.17, 15) is 4.79 Å². The predicted molar refractivity (Wildman–Crippen MR) is 82.7 cm³/mol. The summed E-state index contributed by atoms with van der Waals surface area (Å²) in [6.45, 7) is 5.68. The van der Waals surface area contributed by atoms with E-state index in [0.29, 0.717) is 18.8 Å². The molecule has 5 nitrogen and oxygen atoms in total. The monoisotopic (exact) mass is 272 g/mol. The normalized spacial score (nSPS) is 10.5. The molecule has 0 radical (unpaired) electrons. The molecule has 20 heavy (non-hydrogen) atoms. The van der Waals surface area contributed by atoms with Gasteiger partial charge in [-0.1, -0.05) is 0 Å². The van der Waals surface area contributed by atoms with Crippen LogP contribution in [0, 0.1) is 0 Å². The van der Waals surface area contributed by atoms with Crippen LogP contribution in [0.25, 0.3) is 10.9 Å². The fourth-order valence-corrected chi connectivity index (χ4v) is 2.22. The smallest absolute Gasteiger partial charge is 0.239 e. The molecule has 0 fully saturated rings. The third-order valence-electron chi connectivity index (χ3n) is 3.17. The molecule has 0 unspecified atom stereocenters. The fraction of sp³-hybridized carbons (Fsp3) is 0.333. The highest BCUT2D eigenvalue weighted by molar-refractivity contribution is 5.94. The molecule has 0 aliphatic rings. The van der Waals surface area contributed by atoms with Crippen molar-refractivity contribution < 1.29 is 4.79 Å². The van der Waals surface area contributed by atoms with Crippen LogP contribution in [-0.4, -0.2) is 30.5 Å². The lowest BCUT2D eigenvalue weighted by Crippen LogP contribution is -2.37. The molecule has 1 aromatic carbocycles. The van der Waals surface area contributed by atoms with Crippen molar-refractivity contribution in [2.24, 2.45) is 0 Å². The van der Waals surface area contributed by atoms with Crippen molar-refractivity contribution in [1.29, 1.82) is 0 Å². The highest BCUT2D eigenvalue weighted by Crippen LogP contribution is 2.26. The van der Waals surface area contributed by atoms with Gasteiger partial charge >= 0.3 is 0 Å². The molecule has 2 aromatic rings. The number of nitrogen functional groups attached to an aromatic ring is 1. The van der Waals surface area contributed by atoms with Crippen molar-refractivity contribution in [3.63, 3.8) is 0 Å². The van der Waals surface area contributed by atoms with Crippen LogP contribution in [0.2, 0.25) is 0 Å². The van der Waals surface area contributed by atoms with E-state index >= 15 is 0 Å². The summed E-state index contributed by atoms with van der Waals surface area (Å²) in [5.41, 5.74) is 8.32. The van der Waals surface area contributed by atoms with Crippen LogP contribution < -0.4 is 16.0 Å². The Morgan fingerprint density at radius 2 is 2.15 bits per heavy atom. The van der Waals surface area contributed by atoms with E-state index in [2.05, 4.69) is 10.3 Å². The lowest BCUT2D eigenvalue weighted by molar-refractivity contribution is -0.119. The lowest BCUT2D eigenvalue weighted by Gasteiger charge is -2.23. The molecule has 0 bridgehead atoms. The number of aromatic nitrogens is 1. The molecule has 3 N–H and O–H groups in total. The van der Waals surface area contributed by atoms with E-state index in [1.54, 1.807) is 6.20 Å². The molecule has 1 aromatic heterocycles. The van der Waals surface area contributed by atoms with Crippen molar-refractivity contribution in [3.05, 3.63) is 30.5 Å². The Morgan fingerprint density at radius 3 is 2.85 bits per heavy atom. The van der Waals surface area contributed by atoms with Gasteiger partial charge in [0.2, 0.25) is 5.91 Å². The quantitative estimate of drug-likeness (QED) is 0.814. The van der Waals surface area contributed by atoms with Crippen LogP contribution in [0.1, 0.15) is 13.8 Å². The molecule has 0 saturated heterocycles. The molecule has 1 amide bonds. The largest absolute Gasteiger partial charge is 0.399 e. The number of pyridine rings is 1. The van der Waals surface area contributed by atoms with Crippen molar-refractivity contribution >= 4 is 28.2 Å². The average molecular weight is 272 g/mol. The fourth-order valence-electron chi connectivity index (χ4n) is 2.22. The number of carbonyl (C=O) groups excluding carboxylic acids is 1. The molecule has 0 aliphatic carbocycles. The zero-order valence-corrected chi connectivity index (χ0v) is 11.9.